The van der Waals surface area contributed by atoms with Crippen LogP contribution in [0.1, 0.15) is 5.56 Å². The molecule has 154 valence electrons. The quantitative estimate of drug-likeness (QED) is 0.804. The number of benzene rings is 2. The Morgan fingerprint density at radius 1 is 1.03 bits per heavy atom. The highest BCUT2D eigenvalue weighted by molar-refractivity contribution is 5.92. The van der Waals surface area contributed by atoms with Gasteiger partial charge in [-0.3, -0.25) is 14.5 Å². The number of hydrogen-bond donors (Lipinski definition) is 1. The molecule has 0 bridgehead atoms. The number of hydrogen-bond acceptors (Lipinski definition) is 4. The second-order valence-electron chi connectivity index (χ2n) is 6.89. The number of nitrogens with one attached hydrogen (secondary N) is 1. The van der Waals surface area contributed by atoms with Gasteiger partial charge in [-0.05, 0) is 29.8 Å². The lowest BCUT2D eigenvalue weighted by Gasteiger charge is -2.34. The van der Waals surface area contributed by atoms with E-state index in [-0.39, 0.29) is 24.0 Å². The molecule has 1 heterocycles. The number of anilines is 1. The third-order valence-electron chi connectivity index (χ3n) is 4.73. The Morgan fingerprint density at radius 3 is 2.38 bits per heavy atom. The van der Waals surface area contributed by atoms with Gasteiger partial charge < -0.3 is 15.0 Å². The molecule has 29 heavy (non-hydrogen) atoms. The van der Waals surface area contributed by atoms with E-state index in [0.29, 0.717) is 38.3 Å². The van der Waals surface area contributed by atoms with Crippen molar-refractivity contribution in [2.45, 2.75) is 6.42 Å². The standard InChI is InChI=1S/C21H23F2N3O3/c1-29-19-4-2-3-15(9-19)10-21(28)26-7-5-25(6-8-26)14-20(27)24-18-12-16(22)11-17(23)13-18/h2-4,9,11-13H,5-8,10,14H2,1H3,(H,24,27). The molecular formula is C21H23F2N3O3. The SMILES string of the molecule is COc1cccc(CC(=O)N2CCN(CC(=O)Nc3cc(F)cc(F)c3)CC2)c1. The fraction of sp³-hybridized carbons (Fsp3) is 0.333. The van der Waals surface area contributed by atoms with Crippen molar-refractivity contribution in [2.24, 2.45) is 0 Å². The Bertz CT molecular complexity index is 863. The van der Waals surface area contributed by atoms with E-state index >= 15 is 0 Å². The second kappa shape index (κ2) is 9.47. The van der Waals surface area contributed by atoms with Gasteiger partial charge in [-0.25, -0.2) is 8.78 Å². The topological polar surface area (TPSA) is 61.9 Å². The van der Waals surface area contributed by atoms with Crippen molar-refractivity contribution in [3.8, 4) is 5.75 Å². The summed E-state index contributed by atoms with van der Waals surface area (Å²) in [5.41, 5.74) is 0.970. The van der Waals surface area contributed by atoms with E-state index in [1.165, 1.54) is 0 Å². The average molecular weight is 403 g/mol. The molecule has 0 atom stereocenters. The van der Waals surface area contributed by atoms with Crippen molar-refractivity contribution in [1.29, 1.82) is 0 Å². The van der Waals surface area contributed by atoms with Crippen LogP contribution < -0.4 is 10.1 Å². The van der Waals surface area contributed by atoms with E-state index in [1.54, 1.807) is 12.0 Å². The number of piperazine rings is 1. The molecule has 3 rings (SSSR count). The summed E-state index contributed by atoms with van der Waals surface area (Å²) in [4.78, 5) is 28.3. The van der Waals surface area contributed by atoms with Gasteiger partial charge in [-0.1, -0.05) is 12.1 Å². The summed E-state index contributed by atoms with van der Waals surface area (Å²) in [6.07, 6.45) is 0.294. The Labute approximate surface area is 168 Å². The van der Waals surface area contributed by atoms with Crippen LogP contribution in [0.25, 0.3) is 0 Å². The van der Waals surface area contributed by atoms with Crippen LogP contribution in [0.5, 0.6) is 5.75 Å². The summed E-state index contributed by atoms with van der Waals surface area (Å²) in [6.45, 7) is 2.23. The lowest BCUT2D eigenvalue weighted by atomic mass is 10.1. The van der Waals surface area contributed by atoms with Crippen LogP contribution in [-0.2, 0) is 16.0 Å². The van der Waals surface area contributed by atoms with Gasteiger partial charge >= 0.3 is 0 Å². The Kier molecular flexibility index (Phi) is 6.77. The van der Waals surface area contributed by atoms with Crippen LogP contribution in [0.2, 0.25) is 0 Å². The third kappa shape index (κ3) is 5.99. The molecule has 0 unspecified atom stereocenters. The highest BCUT2D eigenvalue weighted by Gasteiger charge is 2.22. The minimum absolute atomic E-state index is 0.0255. The maximum absolute atomic E-state index is 13.2. The Hall–Kier alpha value is -3.00. The molecule has 1 fully saturated rings. The van der Waals surface area contributed by atoms with Gasteiger partial charge in [0, 0.05) is 37.9 Å². The number of rotatable bonds is 6. The number of methoxy groups -OCH3 is 1. The average Bonchev–Trinajstić information content (AvgIpc) is 2.67. The van der Waals surface area contributed by atoms with Gasteiger partial charge in [0.05, 0.1) is 20.1 Å². The van der Waals surface area contributed by atoms with Crippen LogP contribution in [0.15, 0.2) is 42.5 Å². The molecule has 6 nitrogen and oxygen atoms in total. The van der Waals surface area contributed by atoms with E-state index in [1.807, 2.05) is 29.2 Å². The lowest BCUT2D eigenvalue weighted by molar-refractivity contribution is -0.132. The van der Waals surface area contributed by atoms with E-state index in [9.17, 15) is 18.4 Å². The van der Waals surface area contributed by atoms with Crippen LogP contribution in [-0.4, -0.2) is 61.4 Å². The van der Waals surface area contributed by atoms with Crippen molar-refractivity contribution in [3.05, 3.63) is 59.7 Å². The summed E-state index contributed by atoms with van der Waals surface area (Å²) in [5.74, 6) is -1.11. The molecule has 2 aromatic rings. The molecule has 8 heteroatoms. The van der Waals surface area contributed by atoms with Gasteiger partial charge in [0.25, 0.3) is 0 Å². The van der Waals surface area contributed by atoms with Gasteiger partial charge in [0.1, 0.15) is 17.4 Å². The smallest absolute Gasteiger partial charge is 0.238 e. The lowest BCUT2D eigenvalue weighted by Crippen LogP contribution is -2.50. The summed E-state index contributed by atoms with van der Waals surface area (Å²) in [7, 11) is 1.58. The second-order valence-corrected chi connectivity index (χ2v) is 6.89. The first-order valence-corrected chi connectivity index (χ1v) is 9.32. The number of halogens is 2. The zero-order valence-electron chi connectivity index (χ0n) is 16.2. The van der Waals surface area contributed by atoms with Crippen molar-refractivity contribution < 1.29 is 23.1 Å². The largest absolute Gasteiger partial charge is 0.497 e. The van der Waals surface area contributed by atoms with Gasteiger partial charge in [-0.2, -0.15) is 0 Å². The van der Waals surface area contributed by atoms with Crippen LogP contribution >= 0.6 is 0 Å². The molecule has 0 spiro atoms. The van der Waals surface area contributed by atoms with Gasteiger partial charge in [0.15, 0.2) is 0 Å². The highest BCUT2D eigenvalue weighted by atomic mass is 19.1. The van der Waals surface area contributed by atoms with Crippen molar-refractivity contribution in [1.82, 2.24) is 9.80 Å². The van der Waals surface area contributed by atoms with Crippen molar-refractivity contribution in [2.75, 3.05) is 45.2 Å². The first-order valence-electron chi connectivity index (χ1n) is 9.32. The van der Waals surface area contributed by atoms with Crippen LogP contribution in [0.3, 0.4) is 0 Å². The molecule has 1 N–H and O–H groups in total. The molecule has 0 saturated carbocycles. The molecule has 1 saturated heterocycles. The first kappa shape index (κ1) is 20.7. The number of nitrogens with zero attached hydrogens (tertiary/aromatic N) is 2. The fourth-order valence-corrected chi connectivity index (χ4v) is 3.25. The number of carbonyl (C=O) groups excluding carboxylic acids is 2. The number of amides is 2. The van der Waals surface area contributed by atoms with E-state index in [2.05, 4.69) is 5.32 Å². The summed E-state index contributed by atoms with van der Waals surface area (Å²) >= 11 is 0. The maximum Gasteiger partial charge on any atom is 0.238 e. The van der Waals surface area contributed by atoms with E-state index < -0.39 is 11.6 Å². The molecule has 1 aliphatic heterocycles. The molecule has 0 radical (unpaired) electrons. The van der Waals surface area contributed by atoms with Crippen LogP contribution in [0.4, 0.5) is 14.5 Å². The molecule has 2 aromatic carbocycles. The summed E-state index contributed by atoms with van der Waals surface area (Å²) < 4.78 is 31.6. The highest BCUT2D eigenvalue weighted by Crippen LogP contribution is 2.15. The fourth-order valence-electron chi connectivity index (χ4n) is 3.25. The predicted octanol–water partition coefficient (Wildman–Crippen LogP) is 2.30. The first-order chi connectivity index (χ1) is 13.9. The zero-order valence-corrected chi connectivity index (χ0v) is 16.2. The van der Waals surface area contributed by atoms with E-state index in [0.717, 1.165) is 23.8 Å². The molecule has 1 aliphatic rings. The number of carbonyl (C=O) groups is 2. The Balaban J connectivity index is 1.45. The molecular weight excluding hydrogens is 380 g/mol. The minimum Gasteiger partial charge on any atom is -0.497 e. The van der Waals surface area contributed by atoms with E-state index in [4.69, 9.17) is 4.74 Å². The van der Waals surface area contributed by atoms with Crippen LogP contribution in [0, 0.1) is 11.6 Å². The van der Waals surface area contributed by atoms with Gasteiger partial charge in [0.2, 0.25) is 11.8 Å². The van der Waals surface area contributed by atoms with Crippen molar-refractivity contribution in [3.63, 3.8) is 0 Å². The molecule has 0 aromatic heterocycles. The monoisotopic (exact) mass is 403 g/mol. The summed E-state index contributed by atoms with van der Waals surface area (Å²) in [5, 5.41) is 2.50. The molecule has 2 amide bonds. The number of ether oxygens (including phenoxy) is 1. The van der Waals surface area contributed by atoms with Gasteiger partial charge in [-0.15, -0.1) is 0 Å². The maximum atomic E-state index is 13.2. The third-order valence-corrected chi connectivity index (χ3v) is 4.73. The predicted molar refractivity (Wildman–Crippen MR) is 105 cm³/mol. The molecule has 0 aliphatic carbocycles. The zero-order chi connectivity index (χ0) is 20.8. The minimum atomic E-state index is -0.747. The Morgan fingerprint density at radius 2 is 1.72 bits per heavy atom. The summed E-state index contributed by atoms with van der Waals surface area (Å²) in [6, 6.07) is 10.3. The van der Waals surface area contributed by atoms with Crippen molar-refractivity contribution >= 4 is 17.5 Å². The normalized spacial score (nSPS) is 14.5.